The Kier molecular flexibility index (Phi) is 5.78. The Morgan fingerprint density at radius 1 is 1.03 bits per heavy atom. The number of amides is 1. The molecule has 2 heterocycles. The lowest BCUT2D eigenvalue weighted by molar-refractivity contribution is -0.112. The molecule has 31 heavy (non-hydrogen) atoms. The van der Waals surface area contributed by atoms with Gasteiger partial charge in [0.2, 0.25) is 0 Å². The van der Waals surface area contributed by atoms with Crippen molar-refractivity contribution in [3.63, 3.8) is 0 Å². The summed E-state index contributed by atoms with van der Waals surface area (Å²) in [5.74, 6) is -0.604. The SMILES string of the molecule is CCOc1ccc(-c2cc3ccccn3c2C(=O)C(=O)Nc2cc(Cl)ccc2C)cc1. The van der Waals surface area contributed by atoms with Crippen LogP contribution in [0.15, 0.2) is 72.9 Å². The number of carbonyl (C=O) groups excluding carboxylic acids is 2. The van der Waals surface area contributed by atoms with E-state index in [9.17, 15) is 9.59 Å². The second kappa shape index (κ2) is 8.66. The Labute approximate surface area is 185 Å². The minimum Gasteiger partial charge on any atom is -0.494 e. The number of hydrogen-bond acceptors (Lipinski definition) is 3. The number of halogens is 1. The fraction of sp³-hybridized carbons (Fsp3) is 0.120. The van der Waals surface area contributed by atoms with Crippen LogP contribution >= 0.6 is 11.6 Å². The van der Waals surface area contributed by atoms with Crippen molar-refractivity contribution in [2.24, 2.45) is 0 Å². The molecule has 5 nitrogen and oxygen atoms in total. The maximum atomic E-state index is 13.3. The minimum atomic E-state index is -0.721. The van der Waals surface area contributed by atoms with E-state index < -0.39 is 11.7 Å². The maximum absolute atomic E-state index is 13.3. The van der Waals surface area contributed by atoms with Crippen LogP contribution in [0.4, 0.5) is 5.69 Å². The molecule has 4 rings (SSSR count). The third-order valence-corrected chi connectivity index (χ3v) is 5.26. The van der Waals surface area contributed by atoms with Gasteiger partial charge in [-0.05, 0) is 67.4 Å². The van der Waals surface area contributed by atoms with Gasteiger partial charge < -0.3 is 14.5 Å². The van der Waals surface area contributed by atoms with Crippen LogP contribution in [0.5, 0.6) is 5.75 Å². The molecule has 2 aromatic heterocycles. The lowest BCUT2D eigenvalue weighted by Gasteiger charge is -2.10. The quantitative estimate of drug-likeness (QED) is 0.310. The van der Waals surface area contributed by atoms with Gasteiger partial charge in [-0.25, -0.2) is 0 Å². The summed E-state index contributed by atoms with van der Waals surface area (Å²) >= 11 is 6.05. The molecule has 0 aliphatic heterocycles. The van der Waals surface area contributed by atoms with Gasteiger partial charge in [-0.1, -0.05) is 35.9 Å². The number of anilines is 1. The van der Waals surface area contributed by atoms with Gasteiger partial charge >= 0.3 is 0 Å². The van der Waals surface area contributed by atoms with Crippen LogP contribution in [0, 0.1) is 6.92 Å². The number of carbonyl (C=O) groups is 2. The van der Waals surface area contributed by atoms with Crippen molar-refractivity contribution in [3.05, 3.63) is 89.2 Å². The van der Waals surface area contributed by atoms with Crippen molar-refractivity contribution in [1.29, 1.82) is 0 Å². The maximum Gasteiger partial charge on any atom is 0.298 e. The largest absolute Gasteiger partial charge is 0.494 e. The highest BCUT2D eigenvalue weighted by atomic mass is 35.5. The van der Waals surface area contributed by atoms with E-state index in [4.69, 9.17) is 16.3 Å². The summed E-state index contributed by atoms with van der Waals surface area (Å²) in [6.45, 7) is 4.34. The van der Waals surface area contributed by atoms with Crippen LogP contribution in [0.1, 0.15) is 23.0 Å². The first-order valence-electron chi connectivity index (χ1n) is 9.93. The summed E-state index contributed by atoms with van der Waals surface area (Å²) in [6, 6.07) is 20.1. The Hall–Kier alpha value is -3.57. The first-order valence-corrected chi connectivity index (χ1v) is 10.3. The molecule has 0 fully saturated rings. The van der Waals surface area contributed by atoms with Crippen LogP contribution in [-0.2, 0) is 4.79 Å². The molecule has 4 aromatic rings. The molecule has 0 radical (unpaired) electrons. The number of Topliss-reactive ketones (excluding diaryl/α,β-unsaturated/α-hetero) is 1. The third kappa shape index (κ3) is 4.18. The predicted octanol–water partition coefficient (Wildman–Crippen LogP) is 5.79. The second-order valence-electron chi connectivity index (χ2n) is 7.10. The monoisotopic (exact) mass is 432 g/mol. The highest BCUT2D eigenvalue weighted by Gasteiger charge is 2.25. The Balaban J connectivity index is 1.75. The number of pyridine rings is 1. The summed E-state index contributed by atoms with van der Waals surface area (Å²) in [5.41, 5.74) is 3.95. The smallest absolute Gasteiger partial charge is 0.298 e. The highest BCUT2D eigenvalue weighted by Crippen LogP contribution is 2.30. The van der Waals surface area contributed by atoms with E-state index in [1.165, 1.54) is 0 Å². The van der Waals surface area contributed by atoms with Crippen molar-refractivity contribution in [1.82, 2.24) is 4.40 Å². The van der Waals surface area contributed by atoms with Crippen LogP contribution in [0.25, 0.3) is 16.6 Å². The molecule has 6 heteroatoms. The number of fused-ring (bicyclic) bond motifs is 1. The van der Waals surface area contributed by atoms with Crippen molar-refractivity contribution in [2.75, 3.05) is 11.9 Å². The number of nitrogens with one attached hydrogen (secondary N) is 1. The van der Waals surface area contributed by atoms with Crippen LogP contribution in [-0.4, -0.2) is 22.7 Å². The first kappa shape index (κ1) is 20.7. The second-order valence-corrected chi connectivity index (χ2v) is 7.54. The molecule has 0 saturated carbocycles. The Bertz CT molecular complexity index is 1280. The predicted molar refractivity (Wildman–Crippen MR) is 123 cm³/mol. The molecule has 1 N–H and O–H groups in total. The number of ketones is 1. The average molecular weight is 433 g/mol. The van der Waals surface area contributed by atoms with Crippen LogP contribution in [0.3, 0.4) is 0 Å². The van der Waals surface area contributed by atoms with Gasteiger partial charge in [-0.3, -0.25) is 9.59 Å². The zero-order chi connectivity index (χ0) is 22.0. The number of hydrogen-bond donors (Lipinski definition) is 1. The van der Waals surface area contributed by atoms with Gasteiger partial charge in [0.25, 0.3) is 11.7 Å². The topological polar surface area (TPSA) is 59.8 Å². The molecular formula is C25H21ClN2O3. The van der Waals surface area contributed by atoms with E-state index in [0.29, 0.717) is 28.6 Å². The zero-order valence-electron chi connectivity index (χ0n) is 17.2. The number of aromatic nitrogens is 1. The van der Waals surface area contributed by atoms with Gasteiger partial charge in [0.05, 0.1) is 6.61 Å². The normalized spacial score (nSPS) is 10.8. The number of ether oxygens (including phenoxy) is 1. The number of aryl methyl sites for hydroxylation is 1. The van der Waals surface area contributed by atoms with Crippen LogP contribution in [0.2, 0.25) is 5.02 Å². The van der Waals surface area contributed by atoms with Gasteiger partial charge in [0.1, 0.15) is 11.4 Å². The molecule has 0 bridgehead atoms. The third-order valence-electron chi connectivity index (χ3n) is 5.03. The molecule has 0 unspecified atom stereocenters. The molecule has 0 atom stereocenters. The summed E-state index contributed by atoms with van der Waals surface area (Å²) in [5, 5.41) is 3.18. The Morgan fingerprint density at radius 3 is 2.55 bits per heavy atom. The van der Waals surface area contributed by atoms with E-state index >= 15 is 0 Å². The molecule has 1 amide bonds. The number of benzene rings is 2. The van der Waals surface area contributed by atoms with E-state index in [1.807, 2.05) is 62.4 Å². The Morgan fingerprint density at radius 2 is 1.81 bits per heavy atom. The van der Waals surface area contributed by atoms with E-state index in [2.05, 4.69) is 5.32 Å². The van der Waals surface area contributed by atoms with Gasteiger partial charge in [-0.15, -0.1) is 0 Å². The average Bonchev–Trinajstić information content (AvgIpc) is 3.16. The summed E-state index contributed by atoms with van der Waals surface area (Å²) < 4.78 is 7.25. The van der Waals surface area contributed by atoms with Crippen molar-refractivity contribution >= 4 is 34.5 Å². The molecule has 2 aromatic carbocycles. The zero-order valence-corrected chi connectivity index (χ0v) is 17.9. The van der Waals surface area contributed by atoms with Gasteiger partial charge in [0, 0.05) is 28.0 Å². The number of nitrogens with zero attached hydrogens (tertiary/aromatic N) is 1. The lowest BCUT2D eigenvalue weighted by atomic mass is 10.0. The minimum absolute atomic E-state index is 0.303. The molecule has 0 aliphatic rings. The summed E-state index contributed by atoms with van der Waals surface area (Å²) in [4.78, 5) is 26.2. The van der Waals surface area contributed by atoms with Crippen molar-refractivity contribution in [3.8, 4) is 16.9 Å². The molecule has 0 aliphatic carbocycles. The van der Waals surface area contributed by atoms with Crippen LogP contribution < -0.4 is 10.1 Å². The van der Waals surface area contributed by atoms with E-state index in [0.717, 1.165) is 22.4 Å². The fourth-order valence-electron chi connectivity index (χ4n) is 3.49. The van der Waals surface area contributed by atoms with E-state index in [-0.39, 0.29) is 0 Å². The molecule has 0 spiro atoms. The summed E-state index contributed by atoms with van der Waals surface area (Å²) in [7, 11) is 0. The molecular weight excluding hydrogens is 412 g/mol. The lowest BCUT2D eigenvalue weighted by Crippen LogP contribution is -2.25. The molecule has 0 saturated heterocycles. The van der Waals surface area contributed by atoms with Crippen molar-refractivity contribution in [2.45, 2.75) is 13.8 Å². The highest BCUT2D eigenvalue weighted by molar-refractivity contribution is 6.47. The standard InChI is InChI=1S/C25H21ClN2O3/c1-3-31-20-11-8-17(9-12-20)21-15-19-6-4-5-13-28(19)23(21)24(29)25(30)27-22-14-18(26)10-7-16(22)2/h4-15H,3H2,1-2H3,(H,27,30). The van der Waals surface area contributed by atoms with E-state index in [1.54, 1.807) is 28.8 Å². The van der Waals surface area contributed by atoms with Gasteiger partial charge in [0.15, 0.2) is 0 Å². The molecule has 156 valence electrons. The first-order chi connectivity index (χ1) is 15.0. The fourth-order valence-corrected chi connectivity index (χ4v) is 3.66. The number of rotatable bonds is 6. The van der Waals surface area contributed by atoms with Gasteiger partial charge in [-0.2, -0.15) is 0 Å². The van der Waals surface area contributed by atoms with Crippen molar-refractivity contribution < 1.29 is 14.3 Å². The summed E-state index contributed by atoms with van der Waals surface area (Å²) in [6.07, 6.45) is 1.78.